The first-order valence-electron chi connectivity index (χ1n) is 5.81. The third-order valence-corrected chi connectivity index (χ3v) is 3.65. The second-order valence-corrected chi connectivity index (χ2v) is 5.22. The molecule has 94 valence electrons. The number of rotatable bonds is 3. The van der Waals surface area contributed by atoms with Gasteiger partial charge in [-0.25, -0.2) is 0 Å². The van der Waals surface area contributed by atoms with Crippen molar-refractivity contribution in [1.82, 2.24) is 0 Å². The third kappa shape index (κ3) is 3.00. The van der Waals surface area contributed by atoms with Crippen LogP contribution in [-0.4, -0.2) is 25.4 Å². The molecule has 0 amide bonds. The van der Waals surface area contributed by atoms with E-state index >= 15 is 0 Å². The SMILES string of the molecule is COc1cc(Br)ccc1C(O)C1CCCOC1. The van der Waals surface area contributed by atoms with Gasteiger partial charge >= 0.3 is 0 Å². The van der Waals surface area contributed by atoms with E-state index in [1.54, 1.807) is 7.11 Å². The average Bonchev–Trinajstić information content (AvgIpc) is 2.39. The average molecular weight is 301 g/mol. The van der Waals surface area contributed by atoms with Gasteiger partial charge < -0.3 is 14.6 Å². The number of methoxy groups -OCH3 is 1. The second kappa shape index (κ2) is 5.85. The van der Waals surface area contributed by atoms with Gasteiger partial charge in [0.1, 0.15) is 5.75 Å². The zero-order valence-electron chi connectivity index (χ0n) is 9.86. The molecule has 3 nitrogen and oxygen atoms in total. The molecule has 0 bridgehead atoms. The van der Waals surface area contributed by atoms with Crippen molar-refractivity contribution in [2.45, 2.75) is 18.9 Å². The van der Waals surface area contributed by atoms with Gasteiger partial charge in [-0.3, -0.25) is 0 Å². The molecule has 2 unspecified atom stereocenters. The van der Waals surface area contributed by atoms with Gasteiger partial charge in [-0.1, -0.05) is 22.0 Å². The minimum Gasteiger partial charge on any atom is -0.496 e. The molecular formula is C13H17BrO3. The number of aliphatic hydroxyl groups is 1. The number of halogens is 1. The Morgan fingerprint density at radius 2 is 2.35 bits per heavy atom. The summed E-state index contributed by atoms with van der Waals surface area (Å²) in [4.78, 5) is 0. The molecule has 0 spiro atoms. The monoisotopic (exact) mass is 300 g/mol. The van der Waals surface area contributed by atoms with Crippen LogP contribution in [0.2, 0.25) is 0 Å². The van der Waals surface area contributed by atoms with Gasteiger partial charge in [0.05, 0.1) is 19.8 Å². The molecule has 1 aromatic carbocycles. The van der Waals surface area contributed by atoms with Crippen molar-refractivity contribution in [3.63, 3.8) is 0 Å². The zero-order valence-corrected chi connectivity index (χ0v) is 11.4. The summed E-state index contributed by atoms with van der Waals surface area (Å²) in [6.45, 7) is 1.43. The van der Waals surface area contributed by atoms with Gasteiger partial charge in [0.2, 0.25) is 0 Å². The van der Waals surface area contributed by atoms with Crippen molar-refractivity contribution in [2.75, 3.05) is 20.3 Å². The van der Waals surface area contributed by atoms with E-state index in [9.17, 15) is 5.11 Å². The molecule has 0 saturated carbocycles. The lowest BCUT2D eigenvalue weighted by molar-refractivity contribution is -0.0107. The van der Waals surface area contributed by atoms with Crippen LogP contribution in [0.25, 0.3) is 0 Å². The van der Waals surface area contributed by atoms with E-state index in [4.69, 9.17) is 9.47 Å². The molecule has 1 N–H and O–H groups in total. The Kier molecular flexibility index (Phi) is 4.42. The Bertz CT molecular complexity index is 375. The van der Waals surface area contributed by atoms with E-state index in [-0.39, 0.29) is 5.92 Å². The lowest BCUT2D eigenvalue weighted by Gasteiger charge is -2.27. The third-order valence-electron chi connectivity index (χ3n) is 3.16. The molecule has 1 saturated heterocycles. The van der Waals surface area contributed by atoms with Gasteiger partial charge in [0.15, 0.2) is 0 Å². The van der Waals surface area contributed by atoms with Crippen molar-refractivity contribution in [3.05, 3.63) is 28.2 Å². The quantitative estimate of drug-likeness (QED) is 0.933. The molecule has 1 aliphatic rings. The molecule has 1 aliphatic heterocycles. The fourth-order valence-electron chi connectivity index (χ4n) is 2.20. The van der Waals surface area contributed by atoms with Gasteiger partial charge in [-0.05, 0) is 25.0 Å². The van der Waals surface area contributed by atoms with E-state index < -0.39 is 6.10 Å². The summed E-state index contributed by atoms with van der Waals surface area (Å²) in [5.74, 6) is 0.885. The number of hydrogen-bond acceptors (Lipinski definition) is 3. The van der Waals surface area contributed by atoms with Crippen molar-refractivity contribution in [1.29, 1.82) is 0 Å². The Hall–Kier alpha value is -0.580. The molecule has 0 aromatic heterocycles. The van der Waals surface area contributed by atoms with Crippen LogP contribution in [0.15, 0.2) is 22.7 Å². The number of benzene rings is 1. The van der Waals surface area contributed by atoms with Gasteiger partial charge in [-0.15, -0.1) is 0 Å². The Balaban J connectivity index is 2.19. The summed E-state index contributed by atoms with van der Waals surface area (Å²) in [5, 5.41) is 10.4. The zero-order chi connectivity index (χ0) is 12.3. The highest BCUT2D eigenvalue weighted by Crippen LogP contribution is 2.35. The first kappa shape index (κ1) is 12.9. The lowest BCUT2D eigenvalue weighted by Crippen LogP contribution is -2.24. The summed E-state index contributed by atoms with van der Waals surface area (Å²) in [6.07, 6.45) is 1.50. The van der Waals surface area contributed by atoms with Crippen LogP contribution < -0.4 is 4.74 Å². The van der Waals surface area contributed by atoms with Crippen molar-refractivity contribution in [2.24, 2.45) is 5.92 Å². The number of aliphatic hydroxyl groups excluding tert-OH is 1. The smallest absolute Gasteiger partial charge is 0.125 e. The molecule has 1 fully saturated rings. The predicted molar refractivity (Wildman–Crippen MR) is 69.2 cm³/mol. The maximum Gasteiger partial charge on any atom is 0.125 e. The highest BCUT2D eigenvalue weighted by Gasteiger charge is 2.25. The Morgan fingerprint density at radius 3 is 3.00 bits per heavy atom. The molecular weight excluding hydrogens is 284 g/mol. The topological polar surface area (TPSA) is 38.7 Å². The molecule has 17 heavy (non-hydrogen) atoms. The first-order valence-corrected chi connectivity index (χ1v) is 6.61. The van der Waals surface area contributed by atoms with Crippen LogP contribution in [0, 0.1) is 5.92 Å². The van der Waals surface area contributed by atoms with Crippen LogP contribution in [0.5, 0.6) is 5.75 Å². The van der Waals surface area contributed by atoms with E-state index in [0.717, 1.165) is 35.2 Å². The molecule has 1 heterocycles. The Morgan fingerprint density at radius 1 is 1.53 bits per heavy atom. The first-order chi connectivity index (χ1) is 8.22. The predicted octanol–water partition coefficient (Wildman–Crippen LogP) is 2.92. The van der Waals surface area contributed by atoms with Gasteiger partial charge in [0.25, 0.3) is 0 Å². The second-order valence-electron chi connectivity index (χ2n) is 4.31. The summed E-state index contributed by atoms with van der Waals surface area (Å²) in [7, 11) is 1.62. The molecule has 2 atom stereocenters. The maximum absolute atomic E-state index is 10.4. The number of ether oxygens (including phenoxy) is 2. The summed E-state index contributed by atoms with van der Waals surface area (Å²) in [6, 6.07) is 5.70. The fourth-order valence-corrected chi connectivity index (χ4v) is 2.54. The van der Waals surface area contributed by atoms with Crippen LogP contribution in [-0.2, 0) is 4.74 Å². The summed E-state index contributed by atoms with van der Waals surface area (Å²) in [5.41, 5.74) is 0.839. The lowest BCUT2D eigenvalue weighted by atomic mass is 9.90. The largest absolute Gasteiger partial charge is 0.496 e. The minimum absolute atomic E-state index is 0.166. The molecule has 2 rings (SSSR count). The van der Waals surface area contributed by atoms with Crippen molar-refractivity contribution < 1.29 is 14.6 Å². The highest BCUT2D eigenvalue weighted by molar-refractivity contribution is 9.10. The minimum atomic E-state index is -0.515. The maximum atomic E-state index is 10.4. The van der Waals surface area contributed by atoms with Crippen molar-refractivity contribution >= 4 is 15.9 Å². The Labute approximate surface area is 110 Å². The van der Waals surface area contributed by atoms with E-state index in [1.165, 1.54) is 0 Å². The fraction of sp³-hybridized carbons (Fsp3) is 0.538. The van der Waals surface area contributed by atoms with Crippen LogP contribution >= 0.6 is 15.9 Å². The summed E-state index contributed by atoms with van der Waals surface area (Å²) >= 11 is 3.40. The van der Waals surface area contributed by atoms with E-state index in [0.29, 0.717) is 6.61 Å². The number of hydrogen-bond donors (Lipinski definition) is 1. The molecule has 0 aliphatic carbocycles. The molecule has 1 aromatic rings. The van der Waals surface area contributed by atoms with Crippen LogP contribution in [0.1, 0.15) is 24.5 Å². The van der Waals surface area contributed by atoms with E-state index in [1.807, 2.05) is 18.2 Å². The van der Waals surface area contributed by atoms with Crippen LogP contribution in [0.3, 0.4) is 0 Å². The molecule has 4 heteroatoms. The van der Waals surface area contributed by atoms with Gasteiger partial charge in [-0.2, -0.15) is 0 Å². The van der Waals surface area contributed by atoms with Gasteiger partial charge in [0, 0.05) is 22.6 Å². The van der Waals surface area contributed by atoms with Crippen molar-refractivity contribution in [3.8, 4) is 5.75 Å². The van der Waals surface area contributed by atoms with E-state index in [2.05, 4.69) is 15.9 Å². The summed E-state index contributed by atoms with van der Waals surface area (Å²) < 4.78 is 11.7. The van der Waals surface area contributed by atoms with Crippen LogP contribution in [0.4, 0.5) is 0 Å². The normalized spacial score (nSPS) is 22.2. The molecule has 0 radical (unpaired) electrons. The standard InChI is InChI=1S/C13H17BrO3/c1-16-12-7-10(14)4-5-11(12)13(15)9-3-2-6-17-8-9/h4-5,7,9,13,15H,2-3,6,8H2,1H3. The highest BCUT2D eigenvalue weighted by atomic mass is 79.9.